The van der Waals surface area contributed by atoms with E-state index in [0.29, 0.717) is 31.7 Å². The Kier molecular flexibility index (Phi) is 10.1. The maximum atomic E-state index is 13.0. The number of hydrogen-bond donors (Lipinski definition) is 2. The molecule has 8 nitrogen and oxygen atoms in total. The van der Waals surface area contributed by atoms with Crippen molar-refractivity contribution in [2.24, 2.45) is 0 Å². The van der Waals surface area contributed by atoms with Crippen molar-refractivity contribution in [3.8, 4) is 45.3 Å². The number of amides is 2. The number of phenolic OH excluding ortho intramolecular Hbond substituents is 2. The lowest BCUT2D eigenvalue weighted by molar-refractivity contribution is -0.128. The van der Waals surface area contributed by atoms with Gasteiger partial charge in [-0.1, -0.05) is 49.0 Å². The van der Waals surface area contributed by atoms with Crippen molar-refractivity contribution in [2.75, 3.05) is 26.2 Å². The maximum absolute atomic E-state index is 13.0. The zero-order chi connectivity index (χ0) is 33.5. The summed E-state index contributed by atoms with van der Waals surface area (Å²) in [7, 11) is 0. The minimum Gasteiger partial charge on any atom is -0.508 e. The predicted molar refractivity (Wildman–Crippen MR) is 187 cm³/mol. The summed E-state index contributed by atoms with van der Waals surface area (Å²) in [6, 6.07) is 27.9. The summed E-state index contributed by atoms with van der Waals surface area (Å²) in [5.74, 6) is 1.82. The number of benzene rings is 4. The Hall–Kier alpha value is -5.50. The number of aromatic hydroxyl groups is 2. The highest BCUT2D eigenvalue weighted by atomic mass is 16.5. The molecule has 246 valence electrons. The second-order valence-corrected chi connectivity index (χ2v) is 12.2. The highest BCUT2D eigenvalue weighted by molar-refractivity contribution is 5.92. The van der Waals surface area contributed by atoms with E-state index >= 15 is 0 Å². The van der Waals surface area contributed by atoms with Crippen LogP contribution in [0.25, 0.3) is 28.3 Å². The fraction of sp³-hybridized carbons (Fsp3) is 0.250. The molecule has 48 heavy (non-hydrogen) atoms. The van der Waals surface area contributed by atoms with Gasteiger partial charge in [0.2, 0.25) is 11.8 Å². The zero-order valence-corrected chi connectivity index (χ0v) is 26.8. The van der Waals surface area contributed by atoms with Gasteiger partial charge in [-0.05, 0) is 82.9 Å². The van der Waals surface area contributed by atoms with Gasteiger partial charge < -0.3 is 29.5 Å². The standard InChI is InChI=1S/C40H40N2O6/c1-2-39(45)41-22-18-35(19-23-41)48-34-14-10-30(11-15-34)37-26-28(6-16-38(37)44)7-17-40(46)42-24-20-36(21-25-42)47-33-12-8-29(9-13-33)31-4-3-5-32(43)27-31/h2-17,26-27,35-36,43-44H,1,18-25H2/b17-7+. The highest BCUT2D eigenvalue weighted by Gasteiger charge is 2.24. The van der Waals surface area contributed by atoms with Crippen LogP contribution in [0.2, 0.25) is 0 Å². The Morgan fingerprint density at radius 3 is 1.79 bits per heavy atom. The van der Waals surface area contributed by atoms with Gasteiger partial charge >= 0.3 is 0 Å². The van der Waals surface area contributed by atoms with E-state index in [9.17, 15) is 19.8 Å². The summed E-state index contributed by atoms with van der Waals surface area (Å²) in [6.45, 7) is 6.07. The van der Waals surface area contributed by atoms with E-state index in [1.807, 2.05) is 71.6 Å². The number of nitrogens with zero attached hydrogens (tertiary/aromatic N) is 2. The largest absolute Gasteiger partial charge is 0.508 e. The molecule has 2 aliphatic rings. The molecule has 2 heterocycles. The third kappa shape index (κ3) is 8.07. The lowest BCUT2D eigenvalue weighted by Gasteiger charge is -2.31. The average molecular weight is 645 g/mol. The van der Waals surface area contributed by atoms with Crippen molar-refractivity contribution in [2.45, 2.75) is 37.9 Å². The molecule has 4 aromatic carbocycles. The highest BCUT2D eigenvalue weighted by Crippen LogP contribution is 2.32. The number of carbonyl (C=O) groups excluding carboxylic acids is 2. The number of piperidine rings is 2. The van der Waals surface area contributed by atoms with Crippen LogP contribution in [0.15, 0.2) is 110 Å². The van der Waals surface area contributed by atoms with Crippen molar-refractivity contribution in [3.05, 3.63) is 115 Å². The maximum Gasteiger partial charge on any atom is 0.246 e. The number of carbonyl (C=O) groups is 2. The molecule has 0 bridgehead atoms. The van der Waals surface area contributed by atoms with Gasteiger partial charge in [-0.15, -0.1) is 0 Å². The zero-order valence-electron chi connectivity index (χ0n) is 26.8. The van der Waals surface area contributed by atoms with Crippen LogP contribution in [0.3, 0.4) is 0 Å². The molecule has 2 aliphatic heterocycles. The molecule has 0 radical (unpaired) electrons. The monoisotopic (exact) mass is 644 g/mol. The molecule has 4 aromatic rings. The van der Waals surface area contributed by atoms with Crippen LogP contribution in [0, 0.1) is 0 Å². The fourth-order valence-corrected chi connectivity index (χ4v) is 6.19. The predicted octanol–water partition coefficient (Wildman–Crippen LogP) is 7.07. The summed E-state index contributed by atoms with van der Waals surface area (Å²) >= 11 is 0. The molecule has 0 unspecified atom stereocenters. The number of rotatable bonds is 9. The van der Waals surface area contributed by atoms with E-state index in [4.69, 9.17) is 9.47 Å². The Bertz CT molecular complexity index is 1770. The summed E-state index contributed by atoms with van der Waals surface area (Å²) in [6.07, 6.45) is 7.79. The van der Waals surface area contributed by atoms with Crippen LogP contribution in [-0.2, 0) is 9.59 Å². The van der Waals surface area contributed by atoms with Gasteiger partial charge in [0.25, 0.3) is 0 Å². The van der Waals surface area contributed by atoms with Gasteiger partial charge in [0.1, 0.15) is 35.2 Å². The molecular weight excluding hydrogens is 604 g/mol. The Balaban J connectivity index is 0.989. The minimum absolute atomic E-state index is 0.0298. The van der Waals surface area contributed by atoms with Crippen molar-refractivity contribution in [3.63, 3.8) is 0 Å². The van der Waals surface area contributed by atoms with Crippen molar-refractivity contribution >= 4 is 17.9 Å². The first-order valence-electron chi connectivity index (χ1n) is 16.4. The van der Waals surface area contributed by atoms with Gasteiger partial charge in [0, 0.05) is 63.5 Å². The van der Waals surface area contributed by atoms with Crippen molar-refractivity contribution < 1.29 is 29.3 Å². The lowest BCUT2D eigenvalue weighted by Crippen LogP contribution is -2.41. The summed E-state index contributed by atoms with van der Waals surface area (Å²) in [5.41, 5.74) is 4.26. The first kappa shape index (κ1) is 32.4. The quantitative estimate of drug-likeness (QED) is 0.189. The molecule has 0 spiro atoms. The van der Waals surface area contributed by atoms with Gasteiger partial charge in [-0.3, -0.25) is 9.59 Å². The van der Waals surface area contributed by atoms with Crippen LogP contribution >= 0.6 is 0 Å². The van der Waals surface area contributed by atoms with E-state index in [0.717, 1.165) is 59.4 Å². The fourth-order valence-electron chi connectivity index (χ4n) is 6.19. The van der Waals surface area contributed by atoms with Crippen molar-refractivity contribution in [1.29, 1.82) is 0 Å². The molecule has 8 heteroatoms. The normalized spacial score (nSPS) is 15.8. The van der Waals surface area contributed by atoms with Gasteiger partial charge in [0.15, 0.2) is 0 Å². The SMILES string of the molecule is C=CC(=O)N1CCC(Oc2ccc(-c3cc(/C=C/C(=O)N4CCC(Oc5ccc(-c6cccc(O)c6)cc5)CC4)ccc3O)cc2)CC1. The summed E-state index contributed by atoms with van der Waals surface area (Å²) < 4.78 is 12.4. The Morgan fingerprint density at radius 1 is 0.667 bits per heavy atom. The topological polar surface area (TPSA) is 99.5 Å². The molecular formula is C40H40N2O6. The first-order chi connectivity index (χ1) is 23.3. The van der Waals surface area contributed by atoms with Gasteiger partial charge in [0.05, 0.1) is 0 Å². The minimum atomic E-state index is -0.0558. The third-order valence-electron chi connectivity index (χ3n) is 8.93. The van der Waals surface area contributed by atoms with Crippen LogP contribution in [0.4, 0.5) is 0 Å². The van der Waals surface area contributed by atoms with Crippen LogP contribution in [-0.4, -0.2) is 70.2 Å². The molecule has 6 rings (SSSR count). The van der Waals surface area contributed by atoms with Gasteiger partial charge in [-0.2, -0.15) is 0 Å². The van der Waals surface area contributed by atoms with Crippen molar-refractivity contribution in [1.82, 2.24) is 9.80 Å². The molecule has 0 aliphatic carbocycles. The summed E-state index contributed by atoms with van der Waals surface area (Å²) in [4.78, 5) is 28.5. The molecule has 2 N–H and O–H groups in total. The third-order valence-corrected chi connectivity index (χ3v) is 8.93. The number of hydrogen-bond acceptors (Lipinski definition) is 6. The van der Waals surface area contributed by atoms with Crippen LogP contribution in [0.1, 0.15) is 31.2 Å². The van der Waals surface area contributed by atoms with E-state index in [2.05, 4.69) is 6.58 Å². The summed E-state index contributed by atoms with van der Waals surface area (Å²) in [5, 5.41) is 20.4. The molecule has 0 saturated carbocycles. The number of likely N-dealkylation sites (tertiary alicyclic amines) is 2. The number of ether oxygens (including phenoxy) is 2. The average Bonchev–Trinajstić information content (AvgIpc) is 3.12. The number of phenols is 2. The van der Waals surface area contributed by atoms with E-state index in [-0.39, 0.29) is 35.5 Å². The molecule has 2 amide bonds. The lowest BCUT2D eigenvalue weighted by atomic mass is 10.0. The van der Waals surface area contributed by atoms with E-state index < -0.39 is 0 Å². The Labute approximate surface area is 281 Å². The van der Waals surface area contributed by atoms with Gasteiger partial charge in [-0.25, -0.2) is 0 Å². The van der Waals surface area contributed by atoms with E-state index in [1.165, 1.54) is 6.08 Å². The molecule has 2 saturated heterocycles. The second-order valence-electron chi connectivity index (χ2n) is 12.2. The molecule has 0 atom stereocenters. The smallest absolute Gasteiger partial charge is 0.246 e. The first-order valence-corrected chi connectivity index (χ1v) is 16.4. The van der Waals surface area contributed by atoms with Crippen LogP contribution < -0.4 is 9.47 Å². The van der Waals surface area contributed by atoms with E-state index in [1.54, 1.807) is 41.3 Å². The van der Waals surface area contributed by atoms with Crippen LogP contribution in [0.5, 0.6) is 23.0 Å². The molecule has 0 aromatic heterocycles. The molecule has 2 fully saturated rings. The second kappa shape index (κ2) is 14.9. The Morgan fingerprint density at radius 2 is 1.23 bits per heavy atom.